The molecule has 0 radical (unpaired) electrons. The van der Waals surface area contributed by atoms with E-state index in [1.54, 1.807) is 0 Å². The zero-order valence-corrected chi connectivity index (χ0v) is 14.5. The van der Waals surface area contributed by atoms with Crippen LogP contribution in [-0.2, 0) is 9.53 Å². The van der Waals surface area contributed by atoms with Crippen molar-refractivity contribution >= 4 is 5.91 Å². The van der Waals surface area contributed by atoms with Crippen LogP contribution in [0, 0.1) is 11.3 Å². The lowest BCUT2D eigenvalue weighted by Gasteiger charge is -2.39. The molecule has 2 rings (SSSR count). The van der Waals surface area contributed by atoms with Gasteiger partial charge in [0.15, 0.2) is 0 Å². The SMILES string of the molecule is CC(C)CC1(C(=O)N2CCC(OCCCN)CC2)CCCC1. The quantitative estimate of drug-likeness (QED) is 0.736. The number of likely N-dealkylation sites (tertiary alicyclic amines) is 1. The predicted molar refractivity (Wildman–Crippen MR) is 89.6 cm³/mol. The van der Waals surface area contributed by atoms with E-state index in [1.165, 1.54) is 12.8 Å². The standard InChI is InChI=1S/C18H34N2O2/c1-15(2)14-18(8-3-4-9-18)17(21)20-11-6-16(7-12-20)22-13-5-10-19/h15-16H,3-14,19H2,1-2H3. The highest BCUT2D eigenvalue weighted by molar-refractivity contribution is 5.83. The summed E-state index contributed by atoms with van der Waals surface area (Å²) in [5.74, 6) is 1.03. The number of nitrogens with two attached hydrogens (primary N) is 1. The van der Waals surface area contributed by atoms with Gasteiger partial charge in [-0.25, -0.2) is 0 Å². The number of carbonyl (C=O) groups excluding carboxylic acids is 1. The third-order valence-corrected chi connectivity index (χ3v) is 5.24. The topological polar surface area (TPSA) is 55.6 Å². The van der Waals surface area contributed by atoms with E-state index in [0.29, 0.717) is 24.5 Å². The Morgan fingerprint density at radius 1 is 1.27 bits per heavy atom. The molecule has 1 heterocycles. The normalized spacial score (nSPS) is 22.5. The Kier molecular flexibility index (Phi) is 6.69. The molecule has 2 aliphatic rings. The van der Waals surface area contributed by atoms with Gasteiger partial charge in [0.2, 0.25) is 5.91 Å². The van der Waals surface area contributed by atoms with E-state index in [1.807, 2.05) is 0 Å². The van der Waals surface area contributed by atoms with Crippen LogP contribution >= 0.6 is 0 Å². The van der Waals surface area contributed by atoms with Crippen molar-refractivity contribution in [2.45, 2.75) is 71.3 Å². The van der Waals surface area contributed by atoms with Gasteiger partial charge >= 0.3 is 0 Å². The van der Waals surface area contributed by atoms with Crippen molar-refractivity contribution in [3.63, 3.8) is 0 Å². The number of hydrogen-bond acceptors (Lipinski definition) is 3. The van der Waals surface area contributed by atoms with Crippen LogP contribution in [0.1, 0.15) is 65.2 Å². The molecule has 1 saturated carbocycles. The number of amides is 1. The second-order valence-corrected chi connectivity index (χ2v) is 7.59. The van der Waals surface area contributed by atoms with E-state index >= 15 is 0 Å². The first-order valence-electron chi connectivity index (χ1n) is 9.18. The van der Waals surface area contributed by atoms with Gasteiger partial charge in [0.1, 0.15) is 0 Å². The molecule has 0 spiro atoms. The molecule has 1 saturated heterocycles. The molecule has 0 aromatic carbocycles. The van der Waals surface area contributed by atoms with Crippen LogP contribution in [0.2, 0.25) is 0 Å². The summed E-state index contributed by atoms with van der Waals surface area (Å²) >= 11 is 0. The van der Waals surface area contributed by atoms with Gasteiger partial charge in [-0.1, -0.05) is 26.7 Å². The fraction of sp³-hybridized carbons (Fsp3) is 0.944. The predicted octanol–water partition coefficient (Wildman–Crippen LogP) is 2.95. The Labute approximate surface area is 135 Å². The highest BCUT2D eigenvalue weighted by Gasteiger charge is 2.44. The van der Waals surface area contributed by atoms with E-state index in [9.17, 15) is 4.79 Å². The second kappa shape index (κ2) is 8.30. The molecule has 0 unspecified atom stereocenters. The Morgan fingerprint density at radius 3 is 2.45 bits per heavy atom. The smallest absolute Gasteiger partial charge is 0.228 e. The highest BCUT2D eigenvalue weighted by atomic mass is 16.5. The van der Waals surface area contributed by atoms with Gasteiger partial charge in [0.05, 0.1) is 6.10 Å². The fourth-order valence-corrected chi connectivity index (χ4v) is 4.23. The molecule has 0 aromatic rings. The molecular formula is C18H34N2O2. The second-order valence-electron chi connectivity index (χ2n) is 7.59. The maximum atomic E-state index is 13.1. The van der Waals surface area contributed by atoms with Gasteiger partial charge in [-0.3, -0.25) is 4.79 Å². The van der Waals surface area contributed by atoms with Crippen LogP contribution in [0.15, 0.2) is 0 Å². The third-order valence-electron chi connectivity index (χ3n) is 5.24. The van der Waals surface area contributed by atoms with Crippen LogP contribution in [0.3, 0.4) is 0 Å². The minimum atomic E-state index is -0.0542. The molecular weight excluding hydrogens is 276 g/mol. The first-order valence-corrected chi connectivity index (χ1v) is 9.18. The lowest BCUT2D eigenvalue weighted by Crippen LogP contribution is -2.48. The van der Waals surface area contributed by atoms with E-state index in [4.69, 9.17) is 10.5 Å². The van der Waals surface area contributed by atoms with E-state index in [0.717, 1.165) is 58.2 Å². The van der Waals surface area contributed by atoms with Crippen molar-refractivity contribution in [2.24, 2.45) is 17.1 Å². The number of ether oxygens (including phenoxy) is 1. The fourth-order valence-electron chi connectivity index (χ4n) is 4.23. The third kappa shape index (κ3) is 4.45. The summed E-state index contributed by atoms with van der Waals surface area (Å²) in [4.78, 5) is 15.2. The molecule has 4 nitrogen and oxygen atoms in total. The minimum absolute atomic E-state index is 0.0542. The molecule has 128 valence electrons. The lowest BCUT2D eigenvalue weighted by atomic mass is 9.77. The Bertz CT molecular complexity index is 343. The average Bonchev–Trinajstić information content (AvgIpc) is 2.96. The first-order chi connectivity index (χ1) is 10.6. The summed E-state index contributed by atoms with van der Waals surface area (Å²) in [5, 5.41) is 0. The number of piperidine rings is 1. The van der Waals surface area contributed by atoms with Crippen LogP contribution in [0.5, 0.6) is 0 Å². The van der Waals surface area contributed by atoms with Crippen LogP contribution in [-0.4, -0.2) is 43.2 Å². The molecule has 22 heavy (non-hydrogen) atoms. The summed E-state index contributed by atoms with van der Waals surface area (Å²) < 4.78 is 5.85. The Hall–Kier alpha value is -0.610. The summed E-state index contributed by atoms with van der Waals surface area (Å²) in [6.45, 7) is 7.66. The van der Waals surface area contributed by atoms with Crippen LogP contribution < -0.4 is 5.73 Å². The molecule has 1 amide bonds. The van der Waals surface area contributed by atoms with Crippen molar-refractivity contribution in [1.82, 2.24) is 4.90 Å². The summed E-state index contributed by atoms with van der Waals surface area (Å²) in [7, 11) is 0. The maximum absolute atomic E-state index is 13.1. The van der Waals surface area contributed by atoms with Crippen molar-refractivity contribution in [1.29, 1.82) is 0 Å². The van der Waals surface area contributed by atoms with Crippen molar-refractivity contribution in [3.05, 3.63) is 0 Å². The summed E-state index contributed by atoms with van der Waals surface area (Å²) in [6, 6.07) is 0. The lowest BCUT2D eigenvalue weighted by molar-refractivity contribution is -0.145. The van der Waals surface area contributed by atoms with Gasteiger partial charge in [0.25, 0.3) is 0 Å². The molecule has 4 heteroatoms. The largest absolute Gasteiger partial charge is 0.378 e. The van der Waals surface area contributed by atoms with Gasteiger partial charge in [-0.05, 0) is 51.0 Å². The Balaban J connectivity index is 1.85. The molecule has 0 atom stereocenters. The number of carbonyl (C=O) groups is 1. The van der Waals surface area contributed by atoms with Gasteiger partial charge in [-0.2, -0.15) is 0 Å². The summed E-state index contributed by atoms with van der Waals surface area (Å²) in [6.07, 6.45) is 8.89. The van der Waals surface area contributed by atoms with Crippen LogP contribution in [0.25, 0.3) is 0 Å². The van der Waals surface area contributed by atoms with Crippen molar-refractivity contribution < 1.29 is 9.53 Å². The van der Waals surface area contributed by atoms with Gasteiger partial charge < -0.3 is 15.4 Å². The zero-order chi connectivity index (χ0) is 16.0. The Morgan fingerprint density at radius 2 is 1.91 bits per heavy atom. The number of nitrogens with zero attached hydrogens (tertiary/aromatic N) is 1. The first kappa shape index (κ1) is 17.7. The maximum Gasteiger partial charge on any atom is 0.228 e. The highest BCUT2D eigenvalue weighted by Crippen LogP contribution is 2.45. The number of hydrogen-bond donors (Lipinski definition) is 1. The van der Waals surface area contributed by atoms with E-state index < -0.39 is 0 Å². The molecule has 0 aromatic heterocycles. The molecule has 0 bridgehead atoms. The van der Waals surface area contributed by atoms with E-state index in [2.05, 4.69) is 18.7 Å². The van der Waals surface area contributed by atoms with Crippen LogP contribution in [0.4, 0.5) is 0 Å². The summed E-state index contributed by atoms with van der Waals surface area (Å²) in [5.41, 5.74) is 5.44. The van der Waals surface area contributed by atoms with E-state index in [-0.39, 0.29) is 5.41 Å². The monoisotopic (exact) mass is 310 g/mol. The molecule has 2 fully saturated rings. The van der Waals surface area contributed by atoms with Crippen molar-refractivity contribution in [3.8, 4) is 0 Å². The molecule has 1 aliphatic carbocycles. The zero-order valence-electron chi connectivity index (χ0n) is 14.5. The van der Waals surface area contributed by atoms with Crippen molar-refractivity contribution in [2.75, 3.05) is 26.2 Å². The molecule has 2 N–H and O–H groups in total. The molecule has 1 aliphatic heterocycles. The average molecular weight is 310 g/mol. The minimum Gasteiger partial charge on any atom is -0.378 e. The number of rotatable bonds is 7. The van der Waals surface area contributed by atoms with Gasteiger partial charge in [0, 0.05) is 25.1 Å². The van der Waals surface area contributed by atoms with Gasteiger partial charge in [-0.15, -0.1) is 0 Å².